The van der Waals surface area contributed by atoms with Crippen LogP contribution in [-0.2, 0) is 6.42 Å². The quantitative estimate of drug-likeness (QED) is 0.876. The molecular weight excluding hydrogens is 250 g/mol. The first-order valence-corrected chi connectivity index (χ1v) is 6.84. The highest BCUT2D eigenvalue weighted by atomic mass is 16.5. The summed E-state index contributed by atoms with van der Waals surface area (Å²) in [5.41, 5.74) is 8.41. The van der Waals surface area contributed by atoms with Gasteiger partial charge in [-0.15, -0.1) is 0 Å². The summed E-state index contributed by atoms with van der Waals surface area (Å²) in [4.78, 5) is 0. The molecule has 0 radical (unpaired) electrons. The highest BCUT2D eigenvalue weighted by Crippen LogP contribution is 2.29. The minimum absolute atomic E-state index is 0.147. The smallest absolute Gasteiger partial charge is 0.161 e. The van der Waals surface area contributed by atoms with Gasteiger partial charge < -0.3 is 15.2 Å². The van der Waals surface area contributed by atoms with E-state index in [1.807, 2.05) is 48.5 Å². The number of aryl methyl sites for hydroxylation is 1. The van der Waals surface area contributed by atoms with E-state index in [-0.39, 0.29) is 6.04 Å². The van der Waals surface area contributed by atoms with E-state index < -0.39 is 0 Å². The van der Waals surface area contributed by atoms with Gasteiger partial charge in [0.05, 0.1) is 13.2 Å². The molecule has 3 heteroatoms. The molecule has 0 heterocycles. The number of benzene rings is 2. The Labute approximate surface area is 120 Å². The summed E-state index contributed by atoms with van der Waals surface area (Å²) in [6, 6.07) is 15.8. The largest absolute Gasteiger partial charge is 0.493 e. The molecule has 0 amide bonds. The van der Waals surface area contributed by atoms with Crippen molar-refractivity contribution in [2.75, 3.05) is 13.7 Å². The van der Waals surface area contributed by atoms with Gasteiger partial charge in [0.25, 0.3) is 0 Å². The molecule has 2 N–H and O–H groups in total. The maximum absolute atomic E-state index is 6.12. The molecule has 0 spiro atoms. The maximum atomic E-state index is 6.12. The van der Waals surface area contributed by atoms with E-state index >= 15 is 0 Å². The van der Waals surface area contributed by atoms with E-state index in [4.69, 9.17) is 15.2 Å². The van der Waals surface area contributed by atoms with Crippen LogP contribution < -0.4 is 15.2 Å². The number of hydrogen-bond acceptors (Lipinski definition) is 3. The van der Waals surface area contributed by atoms with Gasteiger partial charge in [0.2, 0.25) is 0 Å². The molecule has 0 saturated heterocycles. The molecule has 0 aliphatic carbocycles. The minimum Gasteiger partial charge on any atom is -0.493 e. The lowest BCUT2D eigenvalue weighted by Gasteiger charge is -2.16. The van der Waals surface area contributed by atoms with Crippen LogP contribution in [0.25, 0.3) is 0 Å². The topological polar surface area (TPSA) is 44.5 Å². The lowest BCUT2D eigenvalue weighted by Crippen LogP contribution is -2.19. The van der Waals surface area contributed by atoms with Gasteiger partial charge in [0.15, 0.2) is 11.5 Å². The molecule has 0 bridgehead atoms. The maximum Gasteiger partial charge on any atom is 0.161 e. The average molecular weight is 271 g/mol. The van der Waals surface area contributed by atoms with Crippen molar-refractivity contribution in [3.05, 3.63) is 59.7 Å². The van der Waals surface area contributed by atoms with Crippen LogP contribution in [0.4, 0.5) is 0 Å². The zero-order chi connectivity index (χ0) is 14.4. The number of ether oxygens (including phenoxy) is 2. The van der Waals surface area contributed by atoms with Crippen LogP contribution >= 0.6 is 0 Å². The Kier molecular flexibility index (Phi) is 5.02. The van der Waals surface area contributed by atoms with Crippen molar-refractivity contribution in [1.82, 2.24) is 0 Å². The van der Waals surface area contributed by atoms with Crippen molar-refractivity contribution in [1.29, 1.82) is 0 Å². The van der Waals surface area contributed by atoms with E-state index in [1.165, 1.54) is 5.56 Å². The predicted octanol–water partition coefficient (Wildman–Crippen LogP) is 3.34. The summed E-state index contributed by atoms with van der Waals surface area (Å²) in [6.45, 7) is 2.53. The highest BCUT2D eigenvalue weighted by Gasteiger charge is 2.09. The monoisotopic (exact) mass is 271 g/mol. The second-order valence-corrected chi connectivity index (χ2v) is 4.67. The second kappa shape index (κ2) is 6.96. The molecular formula is C17H21NO2. The Hall–Kier alpha value is -2.00. The second-order valence-electron chi connectivity index (χ2n) is 4.67. The van der Waals surface area contributed by atoms with Gasteiger partial charge in [-0.2, -0.15) is 0 Å². The number of nitrogens with two attached hydrogens (primary N) is 1. The fourth-order valence-corrected chi connectivity index (χ4v) is 2.03. The van der Waals surface area contributed by atoms with Crippen LogP contribution in [0.15, 0.2) is 48.5 Å². The van der Waals surface area contributed by atoms with Crippen molar-refractivity contribution in [3.8, 4) is 11.5 Å². The first-order valence-electron chi connectivity index (χ1n) is 6.84. The Balaban J connectivity index is 2.03. The van der Waals surface area contributed by atoms with E-state index in [2.05, 4.69) is 6.92 Å². The lowest BCUT2D eigenvalue weighted by atomic mass is 10.1. The molecule has 2 aromatic carbocycles. The molecule has 2 rings (SSSR count). The Morgan fingerprint density at radius 1 is 1.05 bits per heavy atom. The van der Waals surface area contributed by atoms with E-state index in [0.29, 0.717) is 6.61 Å². The molecule has 0 aliphatic heterocycles. The summed E-state index contributed by atoms with van der Waals surface area (Å²) in [5, 5.41) is 0. The number of hydrogen-bond donors (Lipinski definition) is 1. The number of methoxy groups -OCH3 is 1. The first-order chi connectivity index (χ1) is 9.74. The van der Waals surface area contributed by atoms with Gasteiger partial charge in [0.1, 0.15) is 6.61 Å². The standard InChI is InChI=1S/C17H21NO2/c1-3-13-9-10-16(17(11-13)19-2)20-12-15(18)14-7-5-4-6-8-14/h4-11,15H,3,12,18H2,1-2H3. The summed E-state index contributed by atoms with van der Waals surface area (Å²) in [5.74, 6) is 1.49. The molecule has 0 aromatic heterocycles. The molecule has 20 heavy (non-hydrogen) atoms. The van der Waals surface area contributed by atoms with Gasteiger partial charge in [-0.1, -0.05) is 43.3 Å². The van der Waals surface area contributed by atoms with Gasteiger partial charge in [-0.25, -0.2) is 0 Å². The molecule has 1 atom stereocenters. The normalized spacial score (nSPS) is 11.9. The van der Waals surface area contributed by atoms with E-state index in [9.17, 15) is 0 Å². The lowest BCUT2D eigenvalue weighted by molar-refractivity contribution is 0.273. The zero-order valence-corrected chi connectivity index (χ0v) is 12.0. The number of rotatable bonds is 6. The third-order valence-electron chi connectivity index (χ3n) is 3.28. The Morgan fingerprint density at radius 3 is 2.45 bits per heavy atom. The van der Waals surface area contributed by atoms with Gasteiger partial charge in [-0.05, 0) is 29.7 Å². The van der Waals surface area contributed by atoms with Crippen LogP contribution in [0, 0.1) is 0 Å². The van der Waals surface area contributed by atoms with Crippen LogP contribution in [-0.4, -0.2) is 13.7 Å². The highest BCUT2D eigenvalue weighted by molar-refractivity contribution is 5.43. The fraction of sp³-hybridized carbons (Fsp3) is 0.294. The van der Waals surface area contributed by atoms with Crippen LogP contribution in [0.5, 0.6) is 11.5 Å². The summed E-state index contributed by atoms with van der Waals surface area (Å²) >= 11 is 0. The third-order valence-corrected chi connectivity index (χ3v) is 3.28. The Bertz CT molecular complexity index is 540. The molecule has 106 valence electrons. The molecule has 0 aliphatic rings. The van der Waals surface area contributed by atoms with Gasteiger partial charge in [0, 0.05) is 0 Å². The van der Waals surface area contributed by atoms with Gasteiger partial charge >= 0.3 is 0 Å². The average Bonchev–Trinajstić information content (AvgIpc) is 2.53. The summed E-state index contributed by atoms with van der Waals surface area (Å²) in [6.07, 6.45) is 0.972. The van der Waals surface area contributed by atoms with Crippen molar-refractivity contribution >= 4 is 0 Å². The van der Waals surface area contributed by atoms with E-state index in [1.54, 1.807) is 7.11 Å². The zero-order valence-electron chi connectivity index (χ0n) is 12.0. The molecule has 2 aromatic rings. The molecule has 0 saturated carbocycles. The summed E-state index contributed by atoms with van der Waals surface area (Å²) < 4.78 is 11.2. The first kappa shape index (κ1) is 14.4. The fourth-order valence-electron chi connectivity index (χ4n) is 2.03. The van der Waals surface area contributed by atoms with Crippen molar-refractivity contribution in [2.24, 2.45) is 5.73 Å². The third kappa shape index (κ3) is 3.52. The van der Waals surface area contributed by atoms with Crippen LogP contribution in [0.3, 0.4) is 0 Å². The van der Waals surface area contributed by atoms with Gasteiger partial charge in [-0.3, -0.25) is 0 Å². The summed E-state index contributed by atoms with van der Waals surface area (Å²) in [7, 11) is 1.65. The molecule has 1 unspecified atom stereocenters. The van der Waals surface area contributed by atoms with Crippen molar-refractivity contribution in [3.63, 3.8) is 0 Å². The Morgan fingerprint density at radius 2 is 1.80 bits per heavy atom. The molecule has 0 fully saturated rings. The molecule has 3 nitrogen and oxygen atoms in total. The predicted molar refractivity (Wildman–Crippen MR) is 81.2 cm³/mol. The van der Waals surface area contributed by atoms with Crippen LogP contribution in [0.2, 0.25) is 0 Å². The van der Waals surface area contributed by atoms with Crippen molar-refractivity contribution < 1.29 is 9.47 Å². The minimum atomic E-state index is -0.147. The van der Waals surface area contributed by atoms with Crippen LogP contribution in [0.1, 0.15) is 24.1 Å². The van der Waals surface area contributed by atoms with E-state index in [0.717, 1.165) is 23.5 Å². The SMILES string of the molecule is CCc1ccc(OCC(N)c2ccccc2)c(OC)c1. The van der Waals surface area contributed by atoms with Crippen molar-refractivity contribution in [2.45, 2.75) is 19.4 Å².